The normalized spacial score (nSPS) is 10.1. The van der Waals surface area contributed by atoms with E-state index in [9.17, 15) is 4.79 Å². The largest absolute Gasteiger partial charge is 0.484 e. The van der Waals surface area contributed by atoms with Gasteiger partial charge in [0.15, 0.2) is 6.61 Å². The first-order chi connectivity index (χ1) is 8.63. The summed E-state index contributed by atoms with van der Waals surface area (Å²) in [4.78, 5) is 11.5. The van der Waals surface area contributed by atoms with Crippen molar-refractivity contribution in [2.75, 3.05) is 11.9 Å². The maximum atomic E-state index is 11.5. The highest BCUT2D eigenvalue weighted by Gasteiger charge is 2.07. The van der Waals surface area contributed by atoms with E-state index in [2.05, 4.69) is 15.5 Å². The molecule has 0 aliphatic rings. The summed E-state index contributed by atoms with van der Waals surface area (Å²) < 4.78 is 5.29. The number of aryl methyl sites for hydroxylation is 1. The van der Waals surface area contributed by atoms with Crippen LogP contribution in [-0.2, 0) is 4.79 Å². The van der Waals surface area contributed by atoms with Gasteiger partial charge in [0.05, 0.1) is 0 Å². The van der Waals surface area contributed by atoms with Crippen molar-refractivity contribution in [2.45, 2.75) is 6.92 Å². The topological polar surface area (TPSA) is 64.1 Å². The van der Waals surface area contributed by atoms with E-state index >= 15 is 0 Å². The first-order valence-corrected chi connectivity index (χ1v) is 6.31. The maximum absolute atomic E-state index is 11.5. The minimum atomic E-state index is -0.277. The molecular weight excluding hydrogens is 274 g/mol. The van der Waals surface area contributed by atoms with Gasteiger partial charge in [-0.3, -0.25) is 10.1 Å². The summed E-state index contributed by atoms with van der Waals surface area (Å²) in [7, 11) is 0. The van der Waals surface area contributed by atoms with Crippen LogP contribution >= 0.6 is 22.9 Å². The average molecular weight is 284 g/mol. The lowest BCUT2D eigenvalue weighted by atomic mass is 10.3. The number of amides is 1. The number of aromatic nitrogens is 2. The van der Waals surface area contributed by atoms with Crippen molar-refractivity contribution in [1.82, 2.24) is 10.2 Å². The van der Waals surface area contributed by atoms with E-state index in [-0.39, 0.29) is 12.5 Å². The van der Waals surface area contributed by atoms with Crippen LogP contribution < -0.4 is 10.1 Å². The fraction of sp³-hybridized carbons (Fsp3) is 0.182. The quantitative estimate of drug-likeness (QED) is 0.936. The van der Waals surface area contributed by atoms with Crippen molar-refractivity contribution >= 4 is 34.0 Å². The Hall–Kier alpha value is -1.66. The number of hydrogen-bond donors (Lipinski definition) is 1. The van der Waals surface area contributed by atoms with Gasteiger partial charge in [0.25, 0.3) is 5.91 Å². The summed E-state index contributed by atoms with van der Waals surface area (Å²) in [5, 5.41) is 12.1. The van der Waals surface area contributed by atoms with Gasteiger partial charge < -0.3 is 4.74 Å². The van der Waals surface area contributed by atoms with Crippen LogP contribution in [-0.4, -0.2) is 22.7 Å². The standard InChI is InChI=1S/C11H10ClN3O2S/c1-7-14-15-11(18-7)13-10(16)6-17-9-4-2-8(12)3-5-9/h2-5H,6H2,1H3,(H,13,15,16). The van der Waals surface area contributed by atoms with Gasteiger partial charge in [-0.2, -0.15) is 0 Å². The number of ether oxygens (including phenoxy) is 1. The lowest BCUT2D eigenvalue weighted by Crippen LogP contribution is -2.20. The molecule has 18 heavy (non-hydrogen) atoms. The zero-order chi connectivity index (χ0) is 13.0. The minimum Gasteiger partial charge on any atom is -0.484 e. The van der Waals surface area contributed by atoms with Gasteiger partial charge in [0.2, 0.25) is 5.13 Å². The Labute approximate surface area is 113 Å². The molecule has 0 aliphatic carbocycles. The minimum absolute atomic E-state index is 0.0831. The molecular formula is C11H10ClN3O2S. The van der Waals surface area contributed by atoms with E-state index in [1.807, 2.05) is 6.92 Å². The van der Waals surface area contributed by atoms with Crippen molar-refractivity contribution in [2.24, 2.45) is 0 Å². The second-order valence-electron chi connectivity index (χ2n) is 3.42. The van der Waals surface area contributed by atoms with E-state index in [1.165, 1.54) is 11.3 Å². The maximum Gasteiger partial charge on any atom is 0.264 e. The number of halogens is 1. The van der Waals surface area contributed by atoms with Crippen LogP contribution in [0.2, 0.25) is 5.02 Å². The summed E-state index contributed by atoms with van der Waals surface area (Å²) in [6.07, 6.45) is 0. The van der Waals surface area contributed by atoms with Crippen molar-refractivity contribution in [3.63, 3.8) is 0 Å². The zero-order valence-corrected chi connectivity index (χ0v) is 11.1. The third-order valence-electron chi connectivity index (χ3n) is 1.96. The molecule has 1 N–H and O–H groups in total. The fourth-order valence-corrected chi connectivity index (χ4v) is 1.92. The molecule has 0 spiro atoms. The molecule has 1 amide bonds. The highest BCUT2D eigenvalue weighted by atomic mass is 35.5. The van der Waals surface area contributed by atoms with E-state index in [0.29, 0.717) is 15.9 Å². The number of nitrogens with one attached hydrogen (secondary N) is 1. The molecule has 0 saturated heterocycles. The van der Waals surface area contributed by atoms with Gasteiger partial charge in [-0.15, -0.1) is 10.2 Å². The second-order valence-corrected chi connectivity index (χ2v) is 5.04. The number of rotatable bonds is 4. The Morgan fingerprint density at radius 2 is 2.11 bits per heavy atom. The van der Waals surface area contributed by atoms with Gasteiger partial charge in [0, 0.05) is 5.02 Å². The Morgan fingerprint density at radius 1 is 1.39 bits per heavy atom. The molecule has 94 valence electrons. The van der Waals surface area contributed by atoms with Gasteiger partial charge in [-0.05, 0) is 31.2 Å². The molecule has 1 heterocycles. The van der Waals surface area contributed by atoms with Crippen LogP contribution in [0.15, 0.2) is 24.3 Å². The summed E-state index contributed by atoms with van der Waals surface area (Å²) >= 11 is 7.05. The van der Waals surface area contributed by atoms with Gasteiger partial charge in [-0.25, -0.2) is 0 Å². The summed E-state index contributed by atoms with van der Waals surface area (Å²) in [5.41, 5.74) is 0. The molecule has 1 aromatic carbocycles. The van der Waals surface area contributed by atoms with Crippen molar-refractivity contribution in [3.05, 3.63) is 34.3 Å². The smallest absolute Gasteiger partial charge is 0.264 e. The van der Waals surface area contributed by atoms with Crippen molar-refractivity contribution in [3.8, 4) is 5.75 Å². The number of carbonyl (C=O) groups excluding carboxylic acids is 1. The first-order valence-electron chi connectivity index (χ1n) is 5.12. The zero-order valence-electron chi connectivity index (χ0n) is 9.51. The van der Waals surface area contributed by atoms with Gasteiger partial charge >= 0.3 is 0 Å². The molecule has 0 aliphatic heterocycles. The van der Waals surface area contributed by atoms with E-state index in [0.717, 1.165) is 5.01 Å². The third kappa shape index (κ3) is 3.68. The van der Waals surface area contributed by atoms with Crippen molar-refractivity contribution in [1.29, 1.82) is 0 Å². The molecule has 2 aromatic rings. The molecule has 2 rings (SSSR count). The van der Waals surface area contributed by atoms with Crippen LogP contribution in [0.1, 0.15) is 5.01 Å². The molecule has 0 saturated carbocycles. The first kappa shape index (κ1) is 12.8. The Balaban J connectivity index is 1.83. The number of benzene rings is 1. The van der Waals surface area contributed by atoms with Crippen LogP contribution in [0, 0.1) is 6.92 Å². The molecule has 7 heteroatoms. The molecule has 0 atom stereocenters. The lowest BCUT2D eigenvalue weighted by Gasteiger charge is -2.05. The van der Waals surface area contributed by atoms with E-state index in [1.54, 1.807) is 24.3 Å². The van der Waals surface area contributed by atoms with Crippen LogP contribution in [0.5, 0.6) is 5.75 Å². The summed E-state index contributed by atoms with van der Waals surface area (Å²) in [5.74, 6) is 0.309. The third-order valence-corrected chi connectivity index (χ3v) is 2.96. The van der Waals surface area contributed by atoms with Crippen LogP contribution in [0.3, 0.4) is 0 Å². The number of carbonyl (C=O) groups is 1. The second kappa shape index (κ2) is 5.79. The predicted molar refractivity (Wildman–Crippen MR) is 70.2 cm³/mol. The van der Waals surface area contributed by atoms with E-state index < -0.39 is 0 Å². The van der Waals surface area contributed by atoms with Crippen LogP contribution in [0.25, 0.3) is 0 Å². The van der Waals surface area contributed by atoms with Crippen LogP contribution in [0.4, 0.5) is 5.13 Å². The molecule has 1 aromatic heterocycles. The number of hydrogen-bond acceptors (Lipinski definition) is 5. The highest BCUT2D eigenvalue weighted by Crippen LogP contribution is 2.16. The Morgan fingerprint density at radius 3 is 2.72 bits per heavy atom. The SMILES string of the molecule is Cc1nnc(NC(=O)COc2ccc(Cl)cc2)s1. The van der Waals surface area contributed by atoms with Gasteiger partial charge in [-0.1, -0.05) is 22.9 Å². The Bertz CT molecular complexity index is 541. The Kier molecular flexibility index (Phi) is 4.11. The highest BCUT2D eigenvalue weighted by molar-refractivity contribution is 7.15. The van der Waals surface area contributed by atoms with E-state index in [4.69, 9.17) is 16.3 Å². The molecule has 0 bridgehead atoms. The summed E-state index contributed by atoms with van der Waals surface area (Å²) in [6.45, 7) is 1.73. The average Bonchev–Trinajstić information content (AvgIpc) is 2.74. The predicted octanol–water partition coefficient (Wildman–Crippen LogP) is 2.52. The molecule has 0 radical (unpaired) electrons. The molecule has 0 fully saturated rings. The summed E-state index contributed by atoms with van der Waals surface area (Å²) in [6, 6.07) is 6.79. The number of anilines is 1. The lowest BCUT2D eigenvalue weighted by molar-refractivity contribution is -0.118. The number of nitrogens with zero attached hydrogens (tertiary/aromatic N) is 2. The molecule has 5 nitrogen and oxygen atoms in total. The fourth-order valence-electron chi connectivity index (χ4n) is 1.18. The molecule has 0 unspecified atom stereocenters. The van der Waals surface area contributed by atoms with Gasteiger partial charge in [0.1, 0.15) is 10.8 Å². The van der Waals surface area contributed by atoms with Crippen molar-refractivity contribution < 1.29 is 9.53 Å². The monoisotopic (exact) mass is 283 g/mol.